The summed E-state index contributed by atoms with van der Waals surface area (Å²) < 4.78 is 2.75. The molecule has 0 atom stereocenters. The highest BCUT2D eigenvalue weighted by atomic mass is 32.2. The van der Waals surface area contributed by atoms with E-state index in [1.165, 1.54) is 28.1 Å². The van der Waals surface area contributed by atoms with Crippen LogP contribution in [0.1, 0.15) is 5.56 Å². The fraction of sp³-hybridized carbons (Fsp3) is 0.0435. The molecule has 0 bridgehead atoms. The van der Waals surface area contributed by atoms with E-state index in [0.29, 0.717) is 9.23 Å². The van der Waals surface area contributed by atoms with Crippen LogP contribution in [-0.2, 0) is 11.8 Å². The summed E-state index contributed by atoms with van der Waals surface area (Å²) in [7, 11) is 2.07. The lowest BCUT2D eigenvalue weighted by atomic mass is 10.1. The van der Waals surface area contributed by atoms with Crippen molar-refractivity contribution in [3.63, 3.8) is 0 Å². The maximum Gasteiger partial charge on any atom is 0.270 e. The van der Waals surface area contributed by atoms with Crippen LogP contribution in [0.15, 0.2) is 77.7 Å². The molecular weight excluding hydrogens is 384 g/mol. The van der Waals surface area contributed by atoms with Gasteiger partial charge in [-0.05, 0) is 35.9 Å². The number of benzene rings is 3. The van der Waals surface area contributed by atoms with Crippen molar-refractivity contribution in [1.29, 1.82) is 0 Å². The number of para-hydroxylation sites is 2. The van der Waals surface area contributed by atoms with E-state index < -0.39 is 0 Å². The van der Waals surface area contributed by atoms with E-state index in [-0.39, 0.29) is 5.91 Å². The predicted molar refractivity (Wildman–Crippen MR) is 123 cm³/mol. The lowest BCUT2D eigenvalue weighted by Gasteiger charge is -2.13. The molecule has 1 fully saturated rings. The lowest BCUT2D eigenvalue weighted by Crippen LogP contribution is -2.27. The van der Waals surface area contributed by atoms with Crippen molar-refractivity contribution in [2.75, 3.05) is 4.90 Å². The monoisotopic (exact) mass is 400 g/mol. The van der Waals surface area contributed by atoms with Crippen LogP contribution < -0.4 is 4.90 Å². The van der Waals surface area contributed by atoms with Crippen molar-refractivity contribution in [1.82, 2.24) is 4.57 Å². The van der Waals surface area contributed by atoms with Gasteiger partial charge >= 0.3 is 0 Å². The molecule has 0 saturated carbocycles. The van der Waals surface area contributed by atoms with Gasteiger partial charge in [0.25, 0.3) is 5.91 Å². The predicted octanol–water partition coefficient (Wildman–Crippen LogP) is 5.74. The number of thiocarbonyl (C=S) groups is 1. The molecule has 2 heterocycles. The minimum absolute atomic E-state index is 0.0710. The third-order valence-corrected chi connectivity index (χ3v) is 6.35. The van der Waals surface area contributed by atoms with Gasteiger partial charge in [0.2, 0.25) is 0 Å². The Balaban J connectivity index is 1.57. The van der Waals surface area contributed by atoms with Crippen molar-refractivity contribution in [2.45, 2.75) is 0 Å². The summed E-state index contributed by atoms with van der Waals surface area (Å²) in [4.78, 5) is 15.2. The van der Waals surface area contributed by atoms with E-state index in [1.54, 1.807) is 4.90 Å². The number of carbonyl (C=O) groups is 1. The third kappa shape index (κ3) is 2.66. The van der Waals surface area contributed by atoms with Crippen molar-refractivity contribution in [2.24, 2.45) is 7.05 Å². The van der Waals surface area contributed by atoms with E-state index in [0.717, 1.165) is 16.8 Å². The number of fused-ring (bicyclic) bond motifs is 3. The molecule has 1 aromatic heterocycles. The molecular formula is C23H16N2OS2. The van der Waals surface area contributed by atoms with E-state index in [4.69, 9.17) is 12.2 Å². The molecule has 1 aliphatic rings. The molecule has 0 spiro atoms. The number of rotatable bonds is 2. The van der Waals surface area contributed by atoms with Gasteiger partial charge in [-0.15, -0.1) is 0 Å². The van der Waals surface area contributed by atoms with Crippen LogP contribution in [0.4, 0.5) is 5.69 Å². The van der Waals surface area contributed by atoms with E-state index in [2.05, 4.69) is 54.1 Å². The Labute approximate surface area is 172 Å². The van der Waals surface area contributed by atoms with Crippen LogP contribution in [0.25, 0.3) is 27.9 Å². The Kier molecular flexibility index (Phi) is 4.07. The second-order valence-corrected chi connectivity index (χ2v) is 8.38. The van der Waals surface area contributed by atoms with Crippen molar-refractivity contribution in [3.05, 3.63) is 83.3 Å². The largest absolute Gasteiger partial charge is 0.344 e. The summed E-state index contributed by atoms with van der Waals surface area (Å²) in [5.41, 5.74) is 4.14. The Bertz CT molecular complexity index is 1290. The van der Waals surface area contributed by atoms with Crippen LogP contribution in [0.3, 0.4) is 0 Å². The number of hydrogen-bond acceptors (Lipinski definition) is 3. The van der Waals surface area contributed by atoms with Gasteiger partial charge in [0.1, 0.15) is 0 Å². The molecule has 0 unspecified atom stereocenters. The van der Waals surface area contributed by atoms with Gasteiger partial charge in [-0.3, -0.25) is 9.69 Å². The van der Waals surface area contributed by atoms with Gasteiger partial charge in [-0.25, -0.2) is 0 Å². The molecule has 3 nitrogen and oxygen atoms in total. The SMILES string of the molecule is Cn1c2ccccc2c2ccc(/C=C3/SC(=S)N(c4ccccc4)C3=O)cc21. The molecule has 136 valence electrons. The quantitative estimate of drug-likeness (QED) is 0.317. The highest BCUT2D eigenvalue weighted by molar-refractivity contribution is 8.27. The molecule has 3 aromatic carbocycles. The highest BCUT2D eigenvalue weighted by Crippen LogP contribution is 2.36. The zero-order valence-corrected chi connectivity index (χ0v) is 16.8. The maximum absolute atomic E-state index is 12.9. The molecule has 0 radical (unpaired) electrons. The first-order valence-corrected chi connectivity index (χ1v) is 10.2. The Morgan fingerprint density at radius 1 is 0.893 bits per heavy atom. The summed E-state index contributed by atoms with van der Waals surface area (Å²) in [6.45, 7) is 0. The van der Waals surface area contributed by atoms with E-state index in [1.807, 2.05) is 36.4 Å². The number of nitrogens with zero attached hydrogens (tertiary/aromatic N) is 2. The van der Waals surface area contributed by atoms with Crippen LogP contribution >= 0.6 is 24.0 Å². The normalized spacial score (nSPS) is 16.0. The zero-order valence-electron chi connectivity index (χ0n) is 15.1. The van der Waals surface area contributed by atoms with E-state index >= 15 is 0 Å². The minimum atomic E-state index is -0.0710. The molecule has 1 aliphatic heterocycles. The Morgan fingerprint density at radius 3 is 2.43 bits per heavy atom. The number of amides is 1. The van der Waals surface area contributed by atoms with Gasteiger partial charge in [-0.1, -0.05) is 72.5 Å². The molecule has 5 rings (SSSR count). The van der Waals surface area contributed by atoms with Crippen molar-refractivity contribution in [3.8, 4) is 0 Å². The van der Waals surface area contributed by atoms with Crippen LogP contribution in [0.5, 0.6) is 0 Å². The molecule has 4 aromatic rings. The third-order valence-electron chi connectivity index (χ3n) is 5.04. The van der Waals surface area contributed by atoms with Gasteiger partial charge in [-0.2, -0.15) is 0 Å². The second kappa shape index (κ2) is 6.62. The van der Waals surface area contributed by atoms with Crippen LogP contribution in [0, 0.1) is 0 Å². The van der Waals surface area contributed by atoms with Gasteiger partial charge in [0.15, 0.2) is 4.32 Å². The zero-order chi connectivity index (χ0) is 19.3. The standard InChI is InChI=1S/C23H16N2OS2/c1-24-19-10-6-5-9-17(19)18-12-11-15(13-20(18)24)14-21-22(26)25(23(27)28-21)16-7-3-2-4-8-16/h2-14H,1H3/b21-14+. The summed E-state index contributed by atoms with van der Waals surface area (Å²) in [5.74, 6) is -0.0710. The summed E-state index contributed by atoms with van der Waals surface area (Å²) in [6.07, 6.45) is 1.93. The first-order chi connectivity index (χ1) is 13.6. The average Bonchev–Trinajstić information content (AvgIpc) is 3.16. The second-order valence-electron chi connectivity index (χ2n) is 6.71. The Morgan fingerprint density at radius 2 is 1.61 bits per heavy atom. The fourth-order valence-corrected chi connectivity index (χ4v) is 4.99. The molecule has 28 heavy (non-hydrogen) atoms. The number of anilines is 1. The maximum atomic E-state index is 12.9. The van der Waals surface area contributed by atoms with Gasteiger partial charge in [0.05, 0.1) is 10.6 Å². The summed E-state index contributed by atoms with van der Waals surface area (Å²) >= 11 is 6.81. The molecule has 1 saturated heterocycles. The number of aromatic nitrogens is 1. The molecule has 0 aliphatic carbocycles. The first-order valence-electron chi connectivity index (χ1n) is 8.94. The van der Waals surface area contributed by atoms with Gasteiger partial charge in [0, 0.05) is 28.9 Å². The van der Waals surface area contributed by atoms with Crippen LogP contribution in [0.2, 0.25) is 0 Å². The number of aryl methyl sites for hydroxylation is 1. The minimum Gasteiger partial charge on any atom is -0.344 e. The topological polar surface area (TPSA) is 25.2 Å². The highest BCUT2D eigenvalue weighted by Gasteiger charge is 2.33. The molecule has 0 N–H and O–H groups in total. The Hall–Kier alpha value is -2.89. The van der Waals surface area contributed by atoms with E-state index in [9.17, 15) is 4.79 Å². The number of carbonyl (C=O) groups excluding carboxylic acids is 1. The van der Waals surface area contributed by atoms with Crippen LogP contribution in [-0.4, -0.2) is 14.8 Å². The van der Waals surface area contributed by atoms with Crippen molar-refractivity contribution >= 4 is 67.8 Å². The average molecular weight is 401 g/mol. The first kappa shape index (κ1) is 17.2. The number of hydrogen-bond donors (Lipinski definition) is 0. The number of thioether (sulfide) groups is 1. The molecule has 1 amide bonds. The summed E-state index contributed by atoms with van der Waals surface area (Å²) in [6, 6.07) is 24.2. The fourth-order valence-electron chi connectivity index (χ4n) is 3.69. The van der Waals surface area contributed by atoms with Crippen molar-refractivity contribution < 1.29 is 4.79 Å². The van der Waals surface area contributed by atoms with Gasteiger partial charge < -0.3 is 4.57 Å². The molecule has 5 heteroatoms. The summed E-state index contributed by atoms with van der Waals surface area (Å²) in [5, 5.41) is 2.45. The smallest absolute Gasteiger partial charge is 0.270 e. The lowest BCUT2D eigenvalue weighted by molar-refractivity contribution is -0.113.